The van der Waals surface area contributed by atoms with Crippen molar-refractivity contribution in [1.82, 2.24) is 15.2 Å². The molecule has 1 N–H and O–H groups in total. The van der Waals surface area contributed by atoms with Crippen molar-refractivity contribution >= 4 is 45.9 Å². The third-order valence-electron chi connectivity index (χ3n) is 4.54. The van der Waals surface area contributed by atoms with E-state index >= 15 is 0 Å². The van der Waals surface area contributed by atoms with E-state index in [0.29, 0.717) is 5.13 Å². The molecule has 3 rings (SSSR count). The fraction of sp³-hybridized carbons (Fsp3) is 0.364. The maximum Gasteiger partial charge on any atom is 0.236 e. The first-order valence-electron chi connectivity index (χ1n) is 9.63. The number of anilines is 1. The zero-order valence-electron chi connectivity index (χ0n) is 17.9. The van der Waals surface area contributed by atoms with E-state index in [9.17, 15) is 4.79 Å². The zero-order valence-corrected chi connectivity index (χ0v) is 20.3. The van der Waals surface area contributed by atoms with Gasteiger partial charge in [-0.05, 0) is 53.6 Å². The Bertz CT molecular complexity index is 990. The molecule has 0 aliphatic rings. The average Bonchev–Trinajstić information content (AvgIpc) is 3.13. The maximum atomic E-state index is 12.1. The van der Waals surface area contributed by atoms with Crippen molar-refractivity contribution < 1.29 is 4.79 Å². The van der Waals surface area contributed by atoms with E-state index in [1.165, 1.54) is 45.4 Å². The van der Waals surface area contributed by atoms with Gasteiger partial charge in [0.1, 0.15) is 0 Å². The van der Waals surface area contributed by atoms with Crippen LogP contribution in [0.3, 0.4) is 0 Å². The molecule has 0 saturated heterocycles. The summed E-state index contributed by atoms with van der Waals surface area (Å²) < 4.78 is 0.848. The van der Waals surface area contributed by atoms with Crippen LogP contribution < -0.4 is 5.32 Å². The first kappa shape index (κ1) is 22.8. The Balaban J connectivity index is 1.55. The number of hydrogen-bond donors (Lipinski definition) is 1. The Morgan fingerprint density at radius 2 is 1.83 bits per heavy atom. The largest absolute Gasteiger partial charge is 0.300 e. The molecule has 0 spiro atoms. The average molecular weight is 459 g/mol. The number of aryl methyl sites for hydroxylation is 2. The molecule has 0 saturated carbocycles. The molecule has 30 heavy (non-hydrogen) atoms. The Labute approximate surface area is 190 Å². The van der Waals surface area contributed by atoms with Gasteiger partial charge in [-0.3, -0.25) is 10.1 Å². The molecular weight excluding hydrogens is 432 g/mol. The van der Waals surface area contributed by atoms with Crippen molar-refractivity contribution in [2.45, 2.75) is 55.2 Å². The van der Waals surface area contributed by atoms with Crippen LogP contribution in [0.1, 0.15) is 43.0 Å². The molecule has 0 aliphatic carbocycles. The minimum Gasteiger partial charge on any atom is -0.300 e. The Kier molecular flexibility index (Phi) is 7.55. The van der Waals surface area contributed by atoms with Gasteiger partial charge < -0.3 is 0 Å². The van der Waals surface area contributed by atoms with Gasteiger partial charge in [0.05, 0.1) is 10.8 Å². The Morgan fingerprint density at radius 1 is 1.10 bits per heavy atom. The lowest BCUT2D eigenvalue weighted by atomic mass is 9.84. The van der Waals surface area contributed by atoms with Crippen LogP contribution in [0, 0.1) is 13.8 Å². The quantitative estimate of drug-likeness (QED) is 0.353. The predicted molar refractivity (Wildman–Crippen MR) is 128 cm³/mol. The molecule has 3 aromatic rings. The molecule has 1 aromatic carbocycles. The summed E-state index contributed by atoms with van der Waals surface area (Å²) in [7, 11) is 0. The molecule has 5 nitrogen and oxygen atoms in total. The number of carbonyl (C=O) groups excluding carboxylic acids is 1. The van der Waals surface area contributed by atoms with Gasteiger partial charge in [-0.1, -0.05) is 73.8 Å². The van der Waals surface area contributed by atoms with Crippen LogP contribution in [0.4, 0.5) is 5.13 Å². The van der Waals surface area contributed by atoms with Crippen molar-refractivity contribution in [2.24, 2.45) is 0 Å². The van der Waals surface area contributed by atoms with Gasteiger partial charge in [-0.2, -0.15) is 0 Å². The Morgan fingerprint density at radius 3 is 2.47 bits per heavy atom. The topological polar surface area (TPSA) is 67.8 Å². The van der Waals surface area contributed by atoms with Crippen LogP contribution in [-0.2, 0) is 16.0 Å². The molecule has 0 fully saturated rings. The fourth-order valence-corrected chi connectivity index (χ4v) is 5.46. The van der Waals surface area contributed by atoms with Crippen molar-refractivity contribution in [2.75, 3.05) is 11.1 Å². The number of rotatable bonds is 7. The number of amides is 1. The lowest BCUT2D eigenvalue weighted by Gasteiger charge is -2.22. The van der Waals surface area contributed by atoms with Gasteiger partial charge >= 0.3 is 0 Å². The van der Waals surface area contributed by atoms with E-state index < -0.39 is 0 Å². The van der Waals surface area contributed by atoms with Gasteiger partial charge in [0.15, 0.2) is 4.34 Å². The second-order valence-corrected chi connectivity index (χ2v) is 11.2. The Hall–Kier alpha value is -1.90. The summed E-state index contributed by atoms with van der Waals surface area (Å²) in [4.78, 5) is 16.4. The standard InChI is InChI=1S/C22H26N4OS3/c1-14-10-16(22(3,4)5)11-15(2)17(14)12-29-21-26-25-20(30-21)24-18(27)13-28-19-8-6-7-9-23-19/h6-11H,12-13H2,1-5H3,(H,24,25,27). The highest BCUT2D eigenvalue weighted by molar-refractivity contribution is 8.00. The molecule has 158 valence electrons. The molecule has 0 atom stereocenters. The highest BCUT2D eigenvalue weighted by Crippen LogP contribution is 2.33. The third-order valence-corrected chi connectivity index (χ3v) is 7.49. The van der Waals surface area contributed by atoms with E-state index in [1.807, 2.05) is 18.2 Å². The lowest BCUT2D eigenvalue weighted by molar-refractivity contribution is -0.113. The fourth-order valence-electron chi connectivity index (χ4n) is 2.83. The summed E-state index contributed by atoms with van der Waals surface area (Å²) >= 11 is 4.45. The number of aromatic nitrogens is 3. The summed E-state index contributed by atoms with van der Waals surface area (Å²) in [5.74, 6) is 1.01. The van der Waals surface area contributed by atoms with Gasteiger partial charge in [0.25, 0.3) is 0 Å². The van der Waals surface area contributed by atoms with Crippen LogP contribution in [-0.4, -0.2) is 26.8 Å². The van der Waals surface area contributed by atoms with Crippen LogP contribution in [0.15, 0.2) is 45.9 Å². The zero-order chi connectivity index (χ0) is 21.7. The second-order valence-electron chi connectivity index (χ2n) is 8.01. The normalized spacial score (nSPS) is 11.5. The molecular formula is C22H26N4OS3. The van der Waals surface area contributed by atoms with E-state index in [1.54, 1.807) is 18.0 Å². The number of nitrogens with zero attached hydrogens (tertiary/aromatic N) is 3. The first-order valence-corrected chi connectivity index (χ1v) is 12.4. The van der Waals surface area contributed by atoms with Crippen LogP contribution in [0.25, 0.3) is 0 Å². The molecule has 0 radical (unpaired) electrons. The van der Waals surface area contributed by atoms with Crippen LogP contribution in [0.2, 0.25) is 0 Å². The van der Waals surface area contributed by atoms with Crippen molar-refractivity contribution in [1.29, 1.82) is 0 Å². The van der Waals surface area contributed by atoms with Crippen LogP contribution >= 0.6 is 34.9 Å². The lowest BCUT2D eigenvalue weighted by Crippen LogP contribution is -2.13. The second kappa shape index (κ2) is 9.94. The van der Waals surface area contributed by atoms with Crippen molar-refractivity contribution in [3.63, 3.8) is 0 Å². The number of pyridine rings is 1. The number of thioether (sulfide) groups is 2. The SMILES string of the molecule is Cc1cc(C(C)(C)C)cc(C)c1CSc1nnc(NC(=O)CSc2ccccn2)s1. The maximum absolute atomic E-state index is 12.1. The van der Waals surface area contributed by atoms with Gasteiger partial charge in [-0.25, -0.2) is 4.98 Å². The van der Waals surface area contributed by atoms with Gasteiger partial charge in [-0.15, -0.1) is 10.2 Å². The monoisotopic (exact) mass is 458 g/mol. The summed E-state index contributed by atoms with van der Waals surface area (Å²) in [5, 5.41) is 12.5. The van der Waals surface area contributed by atoms with E-state index in [-0.39, 0.29) is 17.1 Å². The minimum atomic E-state index is -0.109. The molecule has 2 heterocycles. The summed E-state index contributed by atoms with van der Waals surface area (Å²) in [6.07, 6.45) is 1.72. The van der Waals surface area contributed by atoms with E-state index in [0.717, 1.165) is 15.1 Å². The highest BCUT2D eigenvalue weighted by atomic mass is 32.2. The molecule has 0 bridgehead atoms. The highest BCUT2D eigenvalue weighted by Gasteiger charge is 2.17. The summed E-state index contributed by atoms with van der Waals surface area (Å²) in [6, 6.07) is 10.2. The van der Waals surface area contributed by atoms with Gasteiger partial charge in [0.2, 0.25) is 11.0 Å². The first-order chi connectivity index (χ1) is 14.2. The number of carbonyl (C=O) groups is 1. The molecule has 1 amide bonds. The molecule has 2 aromatic heterocycles. The number of benzene rings is 1. The predicted octanol–water partition coefficient (Wildman–Crippen LogP) is 5.87. The van der Waals surface area contributed by atoms with Crippen molar-refractivity contribution in [3.05, 3.63) is 58.8 Å². The minimum absolute atomic E-state index is 0.109. The van der Waals surface area contributed by atoms with Crippen molar-refractivity contribution in [3.8, 4) is 0 Å². The van der Waals surface area contributed by atoms with E-state index in [2.05, 4.69) is 67.2 Å². The summed E-state index contributed by atoms with van der Waals surface area (Å²) in [6.45, 7) is 11.1. The molecule has 0 unspecified atom stereocenters. The third kappa shape index (κ3) is 6.30. The summed E-state index contributed by atoms with van der Waals surface area (Å²) in [5.41, 5.74) is 5.44. The van der Waals surface area contributed by atoms with E-state index in [4.69, 9.17) is 0 Å². The molecule has 8 heteroatoms. The van der Waals surface area contributed by atoms with Gasteiger partial charge in [0, 0.05) is 11.9 Å². The smallest absolute Gasteiger partial charge is 0.236 e. The number of nitrogens with one attached hydrogen (secondary N) is 1. The molecule has 0 aliphatic heterocycles. The number of hydrogen-bond acceptors (Lipinski definition) is 7. The van der Waals surface area contributed by atoms with Crippen LogP contribution in [0.5, 0.6) is 0 Å².